The zero-order chi connectivity index (χ0) is 11.1. The Morgan fingerprint density at radius 1 is 1.13 bits per heavy atom. The summed E-state index contributed by atoms with van der Waals surface area (Å²) in [5.41, 5.74) is 1.13. The van der Waals surface area contributed by atoms with Crippen molar-refractivity contribution < 1.29 is 4.74 Å². The smallest absolute Gasteiger partial charge is 0.119 e. The highest BCUT2D eigenvalue weighted by Crippen LogP contribution is 2.16. The van der Waals surface area contributed by atoms with Gasteiger partial charge in [0.05, 0.1) is 6.10 Å². The van der Waals surface area contributed by atoms with E-state index in [1.165, 1.54) is 0 Å². The van der Waals surface area contributed by atoms with E-state index in [-0.39, 0.29) is 6.10 Å². The summed E-state index contributed by atoms with van der Waals surface area (Å²) in [6, 6.07) is 8.05. The molecule has 0 saturated heterocycles. The Bertz CT molecular complexity index is 269. The van der Waals surface area contributed by atoms with Gasteiger partial charge in [0, 0.05) is 18.8 Å². The van der Waals surface area contributed by atoms with Crippen LogP contribution in [0.5, 0.6) is 5.75 Å². The van der Waals surface area contributed by atoms with Gasteiger partial charge in [0.15, 0.2) is 0 Å². The molecule has 1 aromatic rings. The Kier molecular flexibility index (Phi) is 4.98. The molecule has 0 aromatic heterocycles. The van der Waals surface area contributed by atoms with Gasteiger partial charge in [0.1, 0.15) is 5.75 Å². The van der Waals surface area contributed by atoms with E-state index in [2.05, 4.69) is 10.6 Å². The van der Waals surface area contributed by atoms with Crippen molar-refractivity contribution in [2.75, 3.05) is 25.5 Å². The minimum atomic E-state index is 0.230. The fraction of sp³-hybridized carbons (Fsp3) is 0.500. The predicted octanol–water partition coefficient (Wildman–Crippen LogP) is 2.11. The van der Waals surface area contributed by atoms with Crippen LogP contribution in [0.3, 0.4) is 0 Å². The lowest BCUT2D eigenvalue weighted by atomic mass is 10.3. The molecule has 84 valence electrons. The number of hydrogen-bond acceptors (Lipinski definition) is 3. The van der Waals surface area contributed by atoms with E-state index in [0.717, 1.165) is 24.5 Å². The predicted molar refractivity (Wildman–Crippen MR) is 64.6 cm³/mol. The number of nitrogens with one attached hydrogen (secondary N) is 2. The Balaban J connectivity index is 2.42. The molecule has 1 aromatic carbocycles. The van der Waals surface area contributed by atoms with Crippen molar-refractivity contribution in [2.45, 2.75) is 20.0 Å². The highest BCUT2D eigenvalue weighted by atomic mass is 16.5. The molecule has 3 heteroatoms. The van der Waals surface area contributed by atoms with E-state index < -0.39 is 0 Å². The molecule has 0 aliphatic carbocycles. The molecule has 0 radical (unpaired) electrons. The van der Waals surface area contributed by atoms with Gasteiger partial charge >= 0.3 is 0 Å². The van der Waals surface area contributed by atoms with Crippen LogP contribution in [0.15, 0.2) is 24.3 Å². The van der Waals surface area contributed by atoms with Gasteiger partial charge in [-0.15, -0.1) is 0 Å². The van der Waals surface area contributed by atoms with Crippen LogP contribution in [-0.4, -0.2) is 26.2 Å². The molecule has 0 saturated carbocycles. The second-order valence-electron chi connectivity index (χ2n) is 3.72. The highest BCUT2D eigenvalue weighted by Gasteiger charge is 1.97. The first-order chi connectivity index (χ1) is 7.22. The van der Waals surface area contributed by atoms with Crippen LogP contribution in [0.1, 0.15) is 13.8 Å². The molecule has 0 amide bonds. The van der Waals surface area contributed by atoms with Crippen LogP contribution >= 0.6 is 0 Å². The van der Waals surface area contributed by atoms with E-state index in [1.807, 2.05) is 45.2 Å². The van der Waals surface area contributed by atoms with Crippen molar-refractivity contribution >= 4 is 5.69 Å². The molecule has 3 nitrogen and oxygen atoms in total. The quantitative estimate of drug-likeness (QED) is 0.702. The number of benzene rings is 1. The van der Waals surface area contributed by atoms with Crippen LogP contribution in [0.25, 0.3) is 0 Å². The normalized spacial score (nSPS) is 10.4. The first kappa shape index (κ1) is 11.9. The molecule has 0 bridgehead atoms. The van der Waals surface area contributed by atoms with E-state index >= 15 is 0 Å². The van der Waals surface area contributed by atoms with Crippen LogP contribution in [0, 0.1) is 0 Å². The third kappa shape index (κ3) is 4.70. The maximum atomic E-state index is 5.55. The molecule has 15 heavy (non-hydrogen) atoms. The lowest BCUT2D eigenvalue weighted by Crippen LogP contribution is -2.17. The van der Waals surface area contributed by atoms with Crippen LogP contribution in [0.2, 0.25) is 0 Å². The molecule has 0 heterocycles. The second-order valence-corrected chi connectivity index (χ2v) is 3.72. The number of ether oxygens (including phenoxy) is 1. The Morgan fingerprint density at radius 3 is 2.33 bits per heavy atom. The number of anilines is 1. The molecule has 1 rings (SSSR count). The van der Waals surface area contributed by atoms with Gasteiger partial charge in [-0.25, -0.2) is 0 Å². The molecule has 0 unspecified atom stereocenters. The molecule has 0 aliphatic heterocycles. The summed E-state index contributed by atoms with van der Waals surface area (Å²) >= 11 is 0. The van der Waals surface area contributed by atoms with E-state index in [9.17, 15) is 0 Å². The zero-order valence-electron chi connectivity index (χ0n) is 9.71. The van der Waals surface area contributed by atoms with Crippen molar-refractivity contribution in [3.8, 4) is 5.75 Å². The van der Waals surface area contributed by atoms with Crippen molar-refractivity contribution in [1.82, 2.24) is 5.32 Å². The lowest BCUT2D eigenvalue weighted by Gasteiger charge is -2.10. The summed E-state index contributed by atoms with van der Waals surface area (Å²) in [5.74, 6) is 0.921. The molecule has 2 N–H and O–H groups in total. The van der Waals surface area contributed by atoms with Gasteiger partial charge in [-0.1, -0.05) is 0 Å². The fourth-order valence-electron chi connectivity index (χ4n) is 1.26. The molecule has 0 atom stereocenters. The minimum Gasteiger partial charge on any atom is -0.491 e. The molecule has 0 aliphatic rings. The lowest BCUT2D eigenvalue weighted by molar-refractivity contribution is 0.242. The van der Waals surface area contributed by atoms with Crippen molar-refractivity contribution in [3.05, 3.63) is 24.3 Å². The van der Waals surface area contributed by atoms with Gasteiger partial charge in [-0.2, -0.15) is 0 Å². The second kappa shape index (κ2) is 6.30. The number of rotatable bonds is 6. The van der Waals surface area contributed by atoms with Gasteiger partial charge < -0.3 is 15.4 Å². The van der Waals surface area contributed by atoms with E-state index in [0.29, 0.717) is 0 Å². The van der Waals surface area contributed by atoms with Gasteiger partial charge in [-0.3, -0.25) is 0 Å². The highest BCUT2D eigenvalue weighted by molar-refractivity contribution is 5.46. The van der Waals surface area contributed by atoms with Crippen LogP contribution in [-0.2, 0) is 0 Å². The van der Waals surface area contributed by atoms with Crippen LogP contribution in [0.4, 0.5) is 5.69 Å². The Labute approximate surface area is 91.8 Å². The third-order valence-electron chi connectivity index (χ3n) is 1.93. The van der Waals surface area contributed by atoms with Crippen molar-refractivity contribution in [1.29, 1.82) is 0 Å². The summed E-state index contributed by atoms with van der Waals surface area (Å²) in [5, 5.41) is 6.40. The minimum absolute atomic E-state index is 0.230. The first-order valence-electron chi connectivity index (χ1n) is 5.37. The monoisotopic (exact) mass is 208 g/mol. The summed E-state index contributed by atoms with van der Waals surface area (Å²) in [7, 11) is 1.95. The summed E-state index contributed by atoms with van der Waals surface area (Å²) in [6.07, 6.45) is 0.230. The van der Waals surface area contributed by atoms with E-state index in [4.69, 9.17) is 4.74 Å². The number of likely N-dealkylation sites (N-methyl/N-ethyl adjacent to an activating group) is 1. The van der Waals surface area contributed by atoms with Crippen molar-refractivity contribution in [3.63, 3.8) is 0 Å². The standard InChI is InChI=1S/C12H20N2O/c1-10(2)15-12-6-4-11(5-7-12)14-9-8-13-3/h4-7,10,13-14H,8-9H2,1-3H3. The Morgan fingerprint density at radius 2 is 1.80 bits per heavy atom. The van der Waals surface area contributed by atoms with E-state index in [1.54, 1.807) is 0 Å². The van der Waals surface area contributed by atoms with Gasteiger partial charge in [-0.05, 0) is 45.2 Å². The largest absolute Gasteiger partial charge is 0.491 e. The van der Waals surface area contributed by atoms with Crippen molar-refractivity contribution in [2.24, 2.45) is 0 Å². The zero-order valence-corrected chi connectivity index (χ0v) is 9.71. The molecule has 0 spiro atoms. The topological polar surface area (TPSA) is 33.3 Å². The number of hydrogen-bond donors (Lipinski definition) is 2. The average molecular weight is 208 g/mol. The van der Waals surface area contributed by atoms with Gasteiger partial charge in [0.2, 0.25) is 0 Å². The maximum Gasteiger partial charge on any atom is 0.119 e. The summed E-state index contributed by atoms with van der Waals surface area (Å²) < 4.78 is 5.55. The van der Waals surface area contributed by atoms with Gasteiger partial charge in [0.25, 0.3) is 0 Å². The fourth-order valence-corrected chi connectivity index (χ4v) is 1.26. The first-order valence-corrected chi connectivity index (χ1v) is 5.37. The molecular weight excluding hydrogens is 188 g/mol. The molecule has 0 fully saturated rings. The third-order valence-corrected chi connectivity index (χ3v) is 1.93. The Hall–Kier alpha value is -1.22. The average Bonchev–Trinajstić information content (AvgIpc) is 2.20. The van der Waals surface area contributed by atoms with Crippen LogP contribution < -0.4 is 15.4 Å². The maximum absolute atomic E-state index is 5.55. The summed E-state index contributed by atoms with van der Waals surface area (Å²) in [6.45, 7) is 5.95. The molecular formula is C12H20N2O. The SMILES string of the molecule is CNCCNc1ccc(OC(C)C)cc1. The summed E-state index contributed by atoms with van der Waals surface area (Å²) in [4.78, 5) is 0.